The molecular weight excluding hydrogens is 440 g/mol. The second kappa shape index (κ2) is 11.5. The predicted octanol–water partition coefficient (Wildman–Crippen LogP) is 1.33. The van der Waals surface area contributed by atoms with E-state index in [2.05, 4.69) is 21.1 Å². The zero-order valence-electron chi connectivity index (χ0n) is 18.5. The van der Waals surface area contributed by atoms with Crippen LogP contribution in [-0.4, -0.2) is 55.3 Å². The average Bonchev–Trinajstić information content (AvgIpc) is 3.30. The number of urea groups is 1. The number of rotatable bonds is 9. The second-order valence-electron chi connectivity index (χ2n) is 7.51. The van der Waals surface area contributed by atoms with E-state index < -0.39 is 24.1 Å². The van der Waals surface area contributed by atoms with Crippen LogP contribution in [-0.2, 0) is 19.2 Å². The molecule has 34 heavy (non-hydrogen) atoms. The third-order valence-electron chi connectivity index (χ3n) is 5.00. The summed E-state index contributed by atoms with van der Waals surface area (Å²) in [4.78, 5) is 42.0. The molecule has 6 N–H and O–H groups in total. The number of hydrogen-bond donors (Lipinski definition) is 5. The SMILES string of the molecule is COC(=O)[C@H](CNC(=O)CC1CC(c2ccc(C(=N)N)cc2)=NO1)NC(=O)Nc1ccccc1. The molecule has 0 saturated carbocycles. The fourth-order valence-corrected chi connectivity index (χ4v) is 3.23. The molecule has 3 amide bonds. The quantitative estimate of drug-likeness (QED) is 0.212. The van der Waals surface area contributed by atoms with Crippen LogP contribution in [0, 0.1) is 5.41 Å². The number of para-hydroxylation sites is 1. The molecule has 1 unspecified atom stereocenters. The van der Waals surface area contributed by atoms with E-state index in [-0.39, 0.29) is 24.7 Å². The highest BCUT2D eigenvalue weighted by Crippen LogP contribution is 2.19. The molecule has 0 aromatic heterocycles. The second-order valence-corrected chi connectivity index (χ2v) is 7.51. The summed E-state index contributed by atoms with van der Waals surface area (Å²) < 4.78 is 4.72. The summed E-state index contributed by atoms with van der Waals surface area (Å²) in [7, 11) is 1.20. The van der Waals surface area contributed by atoms with Crippen molar-refractivity contribution in [2.45, 2.75) is 25.0 Å². The molecule has 2 atom stereocenters. The molecule has 1 aliphatic rings. The minimum Gasteiger partial charge on any atom is -0.467 e. The molecule has 1 heterocycles. The lowest BCUT2D eigenvalue weighted by Gasteiger charge is -2.18. The van der Waals surface area contributed by atoms with Gasteiger partial charge in [0, 0.05) is 24.2 Å². The van der Waals surface area contributed by atoms with Gasteiger partial charge in [-0.3, -0.25) is 10.2 Å². The van der Waals surface area contributed by atoms with E-state index in [0.29, 0.717) is 23.4 Å². The van der Waals surface area contributed by atoms with Gasteiger partial charge in [0.25, 0.3) is 0 Å². The number of carbonyl (C=O) groups is 3. The largest absolute Gasteiger partial charge is 0.467 e. The fourth-order valence-electron chi connectivity index (χ4n) is 3.23. The smallest absolute Gasteiger partial charge is 0.330 e. The van der Waals surface area contributed by atoms with Gasteiger partial charge in [0.15, 0.2) is 0 Å². The van der Waals surface area contributed by atoms with Crippen LogP contribution in [0.3, 0.4) is 0 Å². The van der Waals surface area contributed by atoms with Crippen LogP contribution < -0.4 is 21.7 Å². The standard InChI is InChI=1S/C23H26N6O5/c1-33-22(31)19(28-23(32)27-16-5-3-2-4-6-16)13-26-20(30)12-17-11-18(29-34-17)14-7-9-15(10-8-14)21(24)25/h2-10,17,19H,11-13H2,1H3,(H3,24,25)(H,26,30)(H2,27,28,32)/t17?,19-/m0/s1. The van der Waals surface area contributed by atoms with Gasteiger partial charge in [-0.2, -0.15) is 0 Å². The van der Waals surface area contributed by atoms with Gasteiger partial charge in [-0.15, -0.1) is 0 Å². The Morgan fingerprint density at radius 1 is 1.18 bits per heavy atom. The number of amidine groups is 1. The first-order valence-corrected chi connectivity index (χ1v) is 10.5. The van der Waals surface area contributed by atoms with E-state index in [1.807, 2.05) is 6.07 Å². The van der Waals surface area contributed by atoms with Gasteiger partial charge >= 0.3 is 12.0 Å². The van der Waals surface area contributed by atoms with Crippen molar-refractivity contribution in [2.75, 3.05) is 19.0 Å². The Morgan fingerprint density at radius 2 is 1.88 bits per heavy atom. The van der Waals surface area contributed by atoms with Crippen molar-refractivity contribution in [1.82, 2.24) is 10.6 Å². The van der Waals surface area contributed by atoms with E-state index in [1.54, 1.807) is 48.5 Å². The highest BCUT2D eigenvalue weighted by atomic mass is 16.6. The Hall–Kier alpha value is -4.41. The number of nitrogen functional groups attached to an aromatic ring is 1. The van der Waals surface area contributed by atoms with Crippen LogP contribution in [0.4, 0.5) is 10.5 Å². The van der Waals surface area contributed by atoms with Crippen molar-refractivity contribution in [1.29, 1.82) is 5.41 Å². The molecule has 2 aromatic rings. The molecule has 0 radical (unpaired) electrons. The van der Waals surface area contributed by atoms with E-state index >= 15 is 0 Å². The molecule has 0 spiro atoms. The third-order valence-corrected chi connectivity index (χ3v) is 5.00. The average molecular weight is 466 g/mol. The number of amides is 3. The van der Waals surface area contributed by atoms with Crippen LogP contribution >= 0.6 is 0 Å². The number of methoxy groups -OCH3 is 1. The highest BCUT2D eigenvalue weighted by molar-refractivity contribution is 6.03. The number of nitrogens with two attached hydrogens (primary N) is 1. The van der Waals surface area contributed by atoms with Crippen molar-refractivity contribution in [3.05, 3.63) is 65.7 Å². The van der Waals surface area contributed by atoms with Crippen LogP contribution in [0.15, 0.2) is 59.8 Å². The number of hydrogen-bond acceptors (Lipinski definition) is 7. The maximum atomic E-state index is 12.4. The minimum atomic E-state index is -1.08. The molecule has 1 aliphatic heterocycles. The maximum absolute atomic E-state index is 12.4. The third kappa shape index (κ3) is 6.79. The van der Waals surface area contributed by atoms with Gasteiger partial charge in [0.2, 0.25) is 5.91 Å². The van der Waals surface area contributed by atoms with E-state index in [9.17, 15) is 14.4 Å². The van der Waals surface area contributed by atoms with Gasteiger partial charge in [-0.25, -0.2) is 9.59 Å². The van der Waals surface area contributed by atoms with Crippen molar-refractivity contribution in [2.24, 2.45) is 10.9 Å². The van der Waals surface area contributed by atoms with Gasteiger partial charge in [-0.05, 0) is 17.7 Å². The molecule has 0 bridgehead atoms. The monoisotopic (exact) mass is 466 g/mol. The Labute approximate surface area is 196 Å². The Kier molecular flexibility index (Phi) is 8.16. The lowest BCUT2D eigenvalue weighted by Crippen LogP contribution is -2.50. The molecule has 11 heteroatoms. The number of carbonyl (C=O) groups excluding carboxylic acids is 3. The van der Waals surface area contributed by atoms with Crippen molar-refractivity contribution in [3.63, 3.8) is 0 Å². The number of anilines is 1. The van der Waals surface area contributed by atoms with Crippen LogP contribution in [0.25, 0.3) is 0 Å². The van der Waals surface area contributed by atoms with E-state index in [4.69, 9.17) is 20.7 Å². The number of nitrogens with one attached hydrogen (secondary N) is 4. The summed E-state index contributed by atoms with van der Waals surface area (Å²) in [6, 6.07) is 14.0. The van der Waals surface area contributed by atoms with E-state index in [1.165, 1.54) is 7.11 Å². The number of esters is 1. The topological polar surface area (TPSA) is 168 Å². The molecular formula is C23H26N6O5. The van der Waals surface area contributed by atoms with Crippen molar-refractivity contribution in [3.8, 4) is 0 Å². The Balaban J connectivity index is 1.47. The number of nitrogens with zero attached hydrogens (tertiary/aromatic N) is 1. The first-order valence-electron chi connectivity index (χ1n) is 10.5. The maximum Gasteiger partial charge on any atom is 0.330 e. The minimum absolute atomic E-state index is 0.0165. The summed E-state index contributed by atoms with van der Waals surface area (Å²) in [5.74, 6) is -1.09. The molecule has 2 aromatic carbocycles. The van der Waals surface area contributed by atoms with Gasteiger partial charge in [-0.1, -0.05) is 47.6 Å². The first kappa shape index (κ1) is 24.2. The van der Waals surface area contributed by atoms with Crippen LogP contribution in [0.5, 0.6) is 0 Å². The number of benzene rings is 2. The molecule has 178 valence electrons. The number of oxime groups is 1. The van der Waals surface area contributed by atoms with Crippen molar-refractivity contribution >= 4 is 35.1 Å². The summed E-state index contributed by atoms with van der Waals surface area (Å²) >= 11 is 0. The molecule has 11 nitrogen and oxygen atoms in total. The lowest BCUT2D eigenvalue weighted by molar-refractivity contribution is -0.142. The summed E-state index contributed by atoms with van der Waals surface area (Å²) in [5, 5.41) is 19.2. The summed E-state index contributed by atoms with van der Waals surface area (Å²) in [6.07, 6.45) is -0.0263. The van der Waals surface area contributed by atoms with Gasteiger partial charge in [0.05, 0.1) is 19.2 Å². The lowest BCUT2D eigenvalue weighted by atomic mass is 10.0. The normalized spacial score (nSPS) is 15.3. The highest BCUT2D eigenvalue weighted by Gasteiger charge is 2.27. The van der Waals surface area contributed by atoms with E-state index in [0.717, 1.165) is 5.56 Å². The first-order chi connectivity index (χ1) is 16.4. The number of ether oxygens (including phenoxy) is 1. The van der Waals surface area contributed by atoms with Gasteiger partial charge < -0.3 is 31.3 Å². The fraction of sp³-hybridized carbons (Fsp3) is 0.261. The molecule has 0 aliphatic carbocycles. The Bertz CT molecular complexity index is 1070. The van der Waals surface area contributed by atoms with Crippen LogP contribution in [0.2, 0.25) is 0 Å². The zero-order valence-corrected chi connectivity index (χ0v) is 18.5. The molecule has 0 saturated heterocycles. The molecule has 3 rings (SSSR count). The summed E-state index contributed by atoms with van der Waals surface area (Å²) in [6.45, 7) is -0.152. The predicted molar refractivity (Wildman–Crippen MR) is 126 cm³/mol. The van der Waals surface area contributed by atoms with Gasteiger partial charge in [0.1, 0.15) is 18.0 Å². The van der Waals surface area contributed by atoms with Crippen LogP contribution in [0.1, 0.15) is 24.0 Å². The van der Waals surface area contributed by atoms with Crippen molar-refractivity contribution < 1.29 is 24.0 Å². The zero-order chi connectivity index (χ0) is 24.5. The summed E-state index contributed by atoms with van der Waals surface area (Å²) in [5.41, 5.74) is 8.11. The Morgan fingerprint density at radius 3 is 2.53 bits per heavy atom. The molecule has 0 fully saturated rings.